The SMILES string of the molecule is CCOC(=O)C1CCCN(C2CC(C(=O)O)c3nc(NC(C)=O)nn3C2)C1. The Morgan fingerprint density at radius 2 is 2.11 bits per heavy atom. The van der Waals surface area contributed by atoms with E-state index in [0.717, 1.165) is 19.4 Å². The molecule has 148 valence electrons. The van der Waals surface area contributed by atoms with Crippen LogP contribution in [0.2, 0.25) is 0 Å². The summed E-state index contributed by atoms with van der Waals surface area (Å²) in [7, 11) is 0. The van der Waals surface area contributed by atoms with Crippen molar-refractivity contribution in [1.82, 2.24) is 19.7 Å². The van der Waals surface area contributed by atoms with Gasteiger partial charge in [-0.15, -0.1) is 5.10 Å². The van der Waals surface area contributed by atoms with Crippen molar-refractivity contribution < 1.29 is 24.2 Å². The number of fused-ring (bicyclic) bond motifs is 1. The topological polar surface area (TPSA) is 127 Å². The zero-order valence-corrected chi connectivity index (χ0v) is 15.6. The number of aromatic nitrogens is 3. The summed E-state index contributed by atoms with van der Waals surface area (Å²) in [6, 6.07) is -0.0669. The zero-order valence-electron chi connectivity index (χ0n) is 15.6. The number of carbonyl (C=O) groups excluding carboxylic acids is 2. The van der Waals surface area contributed by atoms with Crippen molar-refractivity contribution in [3.63, 3.8) is 0 Å². The fourth-order valence-corrected chi connectivity index (χ4v) is 3.87. The van der Waals surface area contributed by atoms with E-state index in [1.165, 1.54) is 6.92 Å². The van der Waals surface area contributed by atoms with E-state index in [4.69, 9.17) is 4.74 Å². The van der Waals surface area contributed by atoms with Crippen LogP contribution in [0.25, 0.3) is 0 Å². The number of esters is 1. The Hall–Kier alpha value is -2.49. The van der Waals surface area contributed by atoms with E-state index in [9.17, 15) is 19.5 Å². The number of carboxylic acid groups (broad SMARTS) is 1. The van der Waals surface area contributed by atoms with Gasteiger partial charge in [-0.05, 0) is 32.7 Å². The predicted molar refractivity (Wildman–Crippen MR) is 94.0 cm³/mol. The molecule has 0 saturated carbocycles. The van der Waals surface area contributed by atoms with Gasteiger partial charge in [0.25, 0.3) is 0 Å². The number of nitrogens with zero attached hydrogens (tertiary/aromatic N) is 4. The highest BCUT2D eigenvalue weighted by molar-refractivity contribution is 5.86. The summed E-state index contributed by atoms with van der Waals surface area (Å²) in [5.74, 6) is -2.00. The molecule has 2 aliphatic heterocycles. The smallest absolute Gasteiger partial charge is 0.314 e. The number of rotatable bonds is 5. The number of aliphatic carboxylic acids is 1. The van der Waals surface area contributed by atoms with Crippen molar-refractivity contribution in [2.45, 2.75) is 51.6 Å². The van der Waals surface area contributed by atoms with Gasteiger partial charge >= 0.3 is 11.9 Å². The van der Waals surface area contributed by atoms with Gasteiger partial charge < -0.3 is 9.84 Å². The Balaban J connectivity index is 1.77. The Bertz CT molecular complexity index is 733. The van der Waals surface area contributed by atoms with Crippen molar-refractivity contribution in [3.8, 4) is 0 Å². The monoisotopic (exact) mass is 379 g/mol. The third-order valence-electron chi connectivity index (χ3n) is 5.08. The molecular weight excluding hydrogens is 354 g/mol. The molecule has 0 aromatic carbocycles. The van der Waals surface area contributed by atoms with E-state index in [0.29, 0.717) is 31.9 Å². The number of carboxylic acids is 1. The number of hydrogen-bond acceptors (Lipinski definition) is 7. The molecule has 2 N–H and O–H groups in total. The standard InChI is InChI=1S/C17H25N5O5/c1-3-27-16(26)11-5-4-6-21(8-11)12-7-13(15(24)25)14-19-17(18-10(2)23)20-22(14)9-12/h11-13H,3-9H2,1-2H3,(H,24,25)(H,18,20,23). The summed E-state index contributed by atoms with van der Waals surface area (Å²) in [5.41, 5.74) is 0. The first-order valence-corrected chi connectivity index (χ1v) is 9.24. The van der Waals surface area contributed by atoms with E-state index in [1.54, 1.807) is 11.6 Å². The molecule has 3 atom stereocenters. The normalized spacial score (nSPS) is 25.5. The van der Waals surface area contributed by atoms with Gasteiger partial charge in [-0.2, -0.15) is 4.98 Å². The fraction of sp³-hybridized carbons (Fsp3) is 0.706. The lowest BCUT2D eigenvalue weighted by Crippen LogP contribution is -2.49. The summed E-state index contributed by atoms with van der Waals surface area (Å²) in [4.78, 5) is 41.4. The van der Waals surface area contributed by atoms with Gasteiger partial charge in [-0.3, -0.25) is 24.6 Å². The number of anilines is 1. The molecule has 1 aromatic heterocycles. The van der Waals surface area contributed by atoms with Gasteiger partial charge in [0.1, 0.15) is 11.7 Å². The molecule has 3 unspecified atom stereocenters. The number of amides is 1. The van der Waals surface area contributed by atoms with Crippen molar-refractivity contribution in [1.29, 1.82) is 0 Å². The Kier molecular flexibility index (Phi) is 5.73. The maximum absolute atomic E-state index is 12.1. The van der Waals surface area contributed by atoms with E-state index in [2.05, 4.69) is 20.3 Å². The fourth-order valence-electron chi connectivity index (χ4n) is 3.87. The molecule has 10 heteroatoms. The Morgan fingerprint density at radius 3 is 2.78 bits per heavy atom. The summed E-state index contributed by atoms with van der Waals surface area (Å²) >= 11 is 0. The lowest BCUT2D eigenvalue weighted by molar-refractivity contribution is -0.151. The molecule has 0 bridgehead atoms. The molecule has 1 amide bonds. The predicted octanol–water partition coefficient (Wildman–Crippen LogP) is 0.452. The highest BCUT2D eigenvalue weighted by Gasteiger charge is 2.39. The quantitative estimate of drug-likeness (QED) is 0.706. The van der Waals surface area contributed by atoms with Gasteiger partial charge in [-0.25, -0.2) is 4.68 Å². The highest BCUT2D eigenvalue weighted by Crippen LogP contribution is 2.32. The lowest BCUT2D eigenvalue weighted by atomic mass is 9.91. The lowest BCUT2D eigenvalue weighted by Gasteiger charge is -2.40. The summed E-state index contributed by atoms with van der Waals surface area (Å²) in [6.07, 6.45) is 2.04. The van der Waals surface area contributed by atoms with Gasteiger partial charge in [0.05, 0.1) is 19.1 Å². The number of likely N-dealkylation sites (tertiary alicyclic amines) is 1. The number of nitrogens with one attached hydrogen (secondary N) is 1. The maximum atomic E-state index is 12.1. The van der Waals surface area contributed by atoms with Crippen LogP contribution >= 0.6 is 0 Å². The van der Waals surface area contributed by atoms with Crippen LogP contribution in [-0.2, 0) is 25.7 Å². The average molecular weight is 379 g/mol. The minimum absolute atomic E-state index is 0.0669. The molecule has 0 radical (unpaired) electrons. The second-order valence-corrected chi connectivity index (χ2v) is 7.02. The van der Waals surface area contributed by atoms with Crippen LogP contribution in [0.4, 0.5) is 5.95 Å². The molecule has 1 saturated heterocycles. The van der Waals surface area contributed by atoms with Crippen molar-refractivity contribution >= 4 is 23.8 Å². The van der Waals surface area contributed by atoms with Crippen LogP contribution in [0.3, 0.4) is 0 Å². The molecule has 10 nitrogen and oxygen atoms in total. The highest BCUT2D eigenvalue weighted by atomic mass is 16.5. The van der Waals surface area contributed by atoms with E-state index in [-0.39, 0.29) is 29.8 Å². The Labute approximate surface area is 156 Å². The first-order valence-electron chi connectivity index (χ1n) is 9.24. The minimum atomic E-state index is -0.971. The average Bonchev–Trinajstić information content (AvgIpc) is 3.02. The van der Waals surface area contributed by atoms with Crippen LogP contribution in [0.1, 0.15) is 44.9 Å². The second-order valence-electron chi connectivity index (χ2n) is 7.02. The van der Waals surface area contributed by atoms with Gasteiger partial charge in [-0.1, -0.05) is 0 Å². The van der Waals surface area contributed by atoms with Crippen LogP contribution < -0.4 is 5.32 Å². The van der Waals surface area contributed by atoms with Crippen LogP contribution in [0.15, 0.2) is 0 Å². The molecule has 0 aliphatic carbocycles. The van der Waals surface area contributed by atoms with Crippen molar-refractivity contribution in [3.05, 3.63) is 5.82 Å². The molecule has 0 spiro atoms. The van der Waals surface area contributed by atoms with Gasteiger partial charge in [0.15, 0.2) is 0 Å². The Morgan fingerprint density at radius 1 is 1.33 bits per heavy atom. The van der Waals surface area contributed by atoms with E-state index in [1.807, 2.05) is 0 Å². The molecule has 1 aromatic rings. The summed E-state index contributed by atoms with van der Waals surface area (Å²) in [5, 5.41) is 16.4. The van der Waals surface area contributed by atoms with E-state index < -0.39 is 11.9 Å². The number of piperidine rings is 1. The second kappa shape index (κ2) is 8.03. The van der Waals surface area contributed by atoms with Crippen molar-refractivity contribution in [2.75, 3.05) is 25.0 Å². The molecular formula is C17H25N5O5. The van der Waals surface area contributed by atoms with Crippen LogP contribution in [-0.4, -0.2) is 68.4 Å². The molecule has 3 rings (SSSR count). The zero-order chi connectivity index (χ0) is 19.6. The van der Waals surface area contributed by atoms with Gasteiger partial charge in [0, 0.05) is 19.5 Å². The largest absolute Gasteiger partial charge is 0.481 e. The third kappa shape index (κ3) is 4.26. The first kappa shape index (κ1) is 19.3. The number of hydrogen-bond donors (Lipinski definition) is 2. The van der Waals surface area contributed by atoms with Gasteiger partial charge in [0.2, 0.25) is 11.9 Å². The van der Waals surface area contributed by atoms with Crippen LogP contribution in [0, 0.1) is 5.92 Å². The minimum Gasteiger partial charge on any atom is -0.481 e. The number of ether oxygens (including phenoxy) is 1. The summed E-state index contributed by atoms with van der Waals surface area (Å²) in [6.45, 7) is 5.32. The molecule has 27 heavy (non-hydrogen) atoms. The summed E-state index contributed by atoms with van der Waals surface area (Å²) < 4.78 is 6.71. The maximum Gasteiger partial charge on any atom is 0.314 e. The third-order valence-corrected chi connectivity index (χ3v) is 5.08. The molecule has 2 aliphatic rings. The number of carbonyl (C=O) groups is 3. The van der Waals surface area contributed by atoms with Crippen LogP contribution in [0.5, 0.6) is 0 Å². The molecule has 1 fully saturated rings. The molecule has 3 heterocycles. The van der Waals surface area contributed by atoms with Crippen molar-refractivity contribution in [2.24, 2.45) is 5.92 Å². The van der Waals surface area contributed by atoms with E-state index >= 15 is 0 Å². The first-order chi connectivity index (χ1) is 12.9.